The fraction of sp³-hybridized carbons (Fsp3) is 0.105. The number of rotatable bonds is 6. The van der Waals surface area contributed by atoms with E-state index in [1.807, 2.05) is 0 Å². The number of hydrogen-bond acceptors (Lipinski definition) is 6. The minimum atomic E-state index is -0.466. The number of halogens is 1. The summed E-state index contributed by atoms with van der Waals surface area (Å²) < 4.78 is 23.2. The fourth-order valence-corrected chi connectivity index (χ4v) is 2.96. The van der Waals surface area contributed by atoms with E-state index in [9.17, 15) is 14.0 Å². The maximum atomic E-state index is 12.9. The summed E-state index contributed by atoms with van der Waals surface area (Å²) in [6, 6.07) is 10.1. The number of hydrogen-bond donors (Lipinski definition) is 2. The first-order valence-electron chi connectivity index (χ1n) is 8.05. The van der Waals surface area contributed by atoms with E-state index in [1.165, 1.54) is 43.9 Å². The van der Waals surface area contributed by atoms with Gasteiger partial charge in [-0.25, -0.2) is 9.37 Å². The Hall–Kier alpha value is -3.46. The third-order valence-electron chi connectivity index (χ3n) is 3.67. The SMILES string of the molecule is COc1cc(OC)cc(C(=O)Nc2nc(C(=O)Nc3ccc(F)cc3)cs2)c1. The maximum Gasteiger partial charge on any atom is 0.275 e. The number of carbonyl (C=O) groups excluding carboxylic acids is 2. The van der Waals surface area contributed by atoms with Gasteiger partial charge in [0, 0.05) is 22.7 Å². The van der Waals surface area contributed by atoms with Crippen LogP contribution in [0.3, 0.4) is 0 Å². The Labute approximate surface area is 164 Å². The fourth-order valence-electron chi connectivity index (χ4n) is 2.27. The molecule has 7 nitrogen and oxygen atoms in total. The molecule has 3 rings (SSSR count). The quantitative estimate of drug-likeness (QED) is 0.656. The van der Waals surface area contributed by atoms with E-state index in [0.717, 1.165) is 11.3 Å². The van der Waals surface area contributed by atoms with Gasteiger partial charge in [0.2, 0.25) is 0 Å². The smallest absolute Gasteiger partial charge is 0.275 e. The third kappa shape index (κ3) is 4.63. The zero-order valence-corrected chi connectivity index (χ0v) is 15.8. The maximum absolute atomic E-state index is 12.9. The van der Waals surface area contributed by atoms with E-state index >= 15 is 0 Å². The summed E-state index contributed by atoms with van der Waals surface area (Å²) in [5.41, 5.74) is 0.894. The Morgan fingerprint density at radius 2 is 1.61 bits per heavy atom. The lowest BCUT2D eigenvalue weighted by molar-refractivity contribution is 0.101. The molecular formula is C19H16FN3O4S. The van der Waals surface area contributed by atoms with Crippen molar-refractivity contribution in [2.75, 3.05) is 24.9 Å². The zero-order valence-electron chi connectivity index (χ0n) is 15.0. The van der Waals surface area contributed by atoms with Crippen LogP contribution in [0.1, 0.15) is 20.8 Å². The monoisotopic (exact) mass is 401 g/mol. The van der Waals surface area contributed by atoms with Gasteiger partial charge in [-0.2, -0.15) is 0 Å². The molecule has 0 aliphatic rings. The number of benzene rings is 2. The number of thiazole rings is 1. The molecule has 0 fully saturated rings. The number of aromatic nitrogens is 1. The van der Waals surface area contributed by atoms with Gasteiger partial charge in [-0.3, -0.25) is 14.9 Å². The van der Waals surface area contributed by atoms with Gasteiger partial charge >= 0.3 is 0 Å². The molecule has 1 aromatic heterocycles. The van der Waals surface area contributed by atoms with E-state index in [1.54, 1.807) is 18.2 Å². The lowest BCUT2D eigenvalue weighted by Gasteiger charge is -2.08. The highest BCUT2D eigenvalue weighted by Gasteiger charge is 2.15. The second-order valence-electron chi connectivity index (χ2n) is 5.55. The molecule has 2 aromatic carbocycles. The largest absolute Gasteiger partial charge is 0.497 e. The summed E-state index contributed by atoms with van der Waals surface area (Å²) in [6.45, 7) is 0. The van der Waals surface area contributed by atoms with E-state index in [-0.39, 0.29) is 10.8 Å². The van der Waals surface area contributed by atoms with Crippen molar-refractivity contribution in [1.82, 2.24) is 4.98 Å². The minimum Gasteiger partial charge on any atom is -0.497 e. The molecule has 9 heteroatoms. The van der Waals surface area contributed by atoms with Gasteiger partial charge in [0.1, 0.15) is 23.0 Å². The van der Waals surface area contributed by atoms with Crippen LogP contribution in [-0.4, -0.2) is 31.0 Å². The normalized spacial score (nSPS) is 10.2. The van der Waals surface area contributed by atoms with Crippen molar-refractivity contribution in [2.24, 2.45) is 0 Å². The van der Waals surface area contributed by atoms with Gasteiger partial charge < -0.3 is 14.8 Å². The van der Waals surface area contributed by atoms with Crippen LogP contribution in [0, 0.1) is 5.82 Å². The zero-order chi connectivity index (χ0) is 20.1. The molecular weight excluding hydrogens is 385 g/mol. The lowest BCUT2D eigenvalue weighted by Crippen LogP contribution is -2.14. The van der Waals surface area contributed by atoms with Gasteiger partial charge in [-0.05, 0) is 36.4 Å². The van der Waals surface area contributed by atoms with Crippen molar-refractivity contribution in [3.63, 3.8) is 0 Å². The number of anilines is 2. The number of nitrogens with one attached hydrogen (secondary N) is 2. The molecule has 28 heavy (non-hydrogen) atoms. The summed E-state index contributed by atoms with van der Waals surface area (Å²) in [7, 11) is 2.98. The molecule has 0 bridgehead atoms. The predicted octanol–water partition coefficient (Wildman–Crippen LogP) is 3.80. The molecule has 1 heterocycles. The first kappa shape index (κ1) is 19.3. The summed E-state index contributed by atoms with van der Waals surface area (Å²) in [5, 5.41) is 7.02. The summed E-state index contributed by atoms with van der Waals surface area (Å²) in [5.74, 6) is -0.333. The van der Waals surface area contributed by atoms with Crippen LogP contribution >= 0.6 is 11.3 Å². The Kier molecular flexibility index (Phi) is 5.85. The summed E-state index contributed by atoms with van der Waals surface area (Å²) in [4.78, 5) is 28.8. The van der Waals surface area contributed by atoms with Crippen molar-refractivity contribution in [3.05, 3.63) is 64.9 Å². The van der Waals surface area contributed by atoms with E-state index in [0.29, 0.717) is 22.7 Å². The summed E-state index contributed by atoms with van der Waals surface area (Å²) in [6.07, 6.45) is 0. The minimum absolute atomic E-state index is 0.132. The first-order valence-corrected chi connectivity index (χ1v) is 8.93. The molecule has 0 spiro atoms. The second kappa shape index (κ2) is 8.49. The van der Waals surface area contributed by atoms with Crippen LogP contribution < -0.4 is 20.1 Å². The molecule has 0 aliphatic heterocycles. The van der Waals surface area contributed by atoms with Gasteiger partial charge in [0.05, 0.1) is 14.2 Å². The van der Waals surface area contributed by atoms with E-state index in [4.69, 9.17) is 9.47 Å². The van der Waals surface area contributed by atoms with Gasteiger partial charge in [0.25, 0.3) is 11.8 Å². The van der Waals surface area contributed by atoms with Crippen LogP contribution in [0.5, 0.6) is 11.5 Å². The van der Waals surface area contributed by atoms with Gasteiger partial charge in [0.15, 0.2) is 5.13 Å². The topological polar surface area (TPSA) is 89.6 Å². The number of nitrogens with zero attached hydrogens (tertiary/aromatic N) is 1. The highest BCUT2D eigenvalue weighted by molar-refractivity contribution is 7.14. The van der Waals surface area contributed by atoms with Crippen LogP contribution in [-0.2, 0) is 0 Å². The molecule has 0 radical (unpaired) electrons. The molecule has 144 valence electrons. The lowest BCUT2D eigenvalue weighted by atomic mass is 10.2. The molecule has 0 saturated carbocycles. The van der Waals surface area contributed by atoms with Crippen molar-refractivity contribution in [3.8, 4) is 11.5 Å². The van der Waals surface area contributed by atoms with E-state index in [2.05, 4.69) is 15.6 Å². The Bertz CT molecular complexity index is 982. The van der Waals surface area contributed by atoms with Crippen LogP contribution in [0.4, 0.5) is 15.2 Å². The summed E-state index contributed by atoms with van der Waals surface area (Å²) >= 11 is 1.11. The van der Waals surface area contributed by atoms with Gasteiger partial charge in [-0.15, -0.1) is 11.3 Å². The van der Waals surface area contributed by atoms with Crippen LogP contribution in [0.2, 0.25) is 0 Å². The molecule has 0 aliphatic carbocycles. The van der Waals surface area contributed by atoms with Crippen molar-refractivity contribution in [2.45, 2.75) is 0 Å². The number of methoxy groups -OCH3 is 2. The number of carbonyl (C=O) groups is 2. The molecule has 0 saturated heterocycles. The molecule has 0 unspecified atom stereocenters. The Morgan fingerprint density at radius 3 is 2.21 bits per heavy atom. The van der Waals surface area contributed by atoms with Crippen LogP contribution in [0.15, 0.2) is 47.8 Å². The third-order valence-corrected chi connectivity index (χ3v) is 4.43. The molecule has 2 amide bonds. The van der Waals surface area contributed by atoms with E-state index < -0.39 is 17.6 Å². The highest BCUT2D eigenvalue weighted by atomic mass is 32.1. The average molecular weight is 401 g/mol. The first-order chi connectivity index (χ1) is 13.5. The number of amides is 2. The highest BCUT2D eigenvalue weighted by Crippen LogP contribution is 2.24. The second-order valence-corrected chi connectivity index (χ2v) is 6.41. The van der Waals surface area contributed by atoms with Crippen molar-refractivity contribution in [1.29, 1.82) is 0 Å². The average Bonchev–Trinajstić information content (AvgIpc) is 3.17. The molecule has 2 N–H and O–H groups in total. The number of ether oxygens (including phenoxy) is 2. The van der Waals surface area contributed by atoms with Crippen molar-refractivity contribution < 1.29 is 23.5 Å². The predicted molar refractivity (Wildman–Crippen MR) is 104 cm³/mol. The van der Waals surface area contributed by atoms with Crippen LogP contribution in [0.25, 0.3) is 0 Å². The standard InChI is InChI=1S/C19H16FN3O4S/c1-26-14-7-11(8-15(9-14)27-2)17(24)23-19-22-16(10-28-19)18(25)21-13-5-3-12(20)4-6-13/h3-10H,1-2H3,(H,21,25)(H,22,23,24). The molecule has 0 atom stereocenters. The van der Waals surface area contributed by atoms with Crippen molar-refractivity contribution >= 4 is 34.0 Å². The molecule has 3 aromatic rings. The Balaban J connectivity index is 1.69. The van der Waals surface area contributed by atoms with Gasteiger partial charge in [-0.1, -0.05) is 0 Å². The Morgan fingerprint density at radius 1 is 0.964 bits per heavy atom.